The lowest BCUT2D eigenvalue weighted by Crippen LogP contribution is -2.15. The molecule has 2 saturated carbocycles. The van der Waals surface area contributed by atoms with Gasteiger partial charge in [0.2, 0.25) is 0 Å². The number of fused-ring (bicyclic) bond motifs is 3. The molecule has 0 radical (unpaired) electrons. The minimum atomic E-state index is 0.369. The van der Waals surface area contributed by atoms with Gasteiger partial charge in [-0.15, -0.1) is 0 Å². The van der Waals surface area contributed by atoms with Crippen LogP contribution in [-0.4, -0.2) is 0 Å². The first-order valence-corrected chi connectivity index (χ1v) is 13.8. The van der Waals surface area contributed by atoms with Gasteiger partial charge in [0.25, 0.3) is 0 Å². The molecule has 6 rings (SSSR count). The maximum Gasteiger partial charge on any atom is 0.00826 e. The highest BCUT2D eigenvalue weighted by Crippen LogP contribution is 2.50. The van der Waals surface area contributed by atoms with E-state index in [-0.39, 0.29) is 0 Å². The SMILES string of the molecule is C=C1C=CC(C)C(=C)C1CC1=Cc2cccc(-c3cc(C)cc(C)c3C[C@@H]3C[C@H]4CC[C@@H]3C4)c2C1. The van der Waals surface area contributed by atoms with Crippen molar-refractivity contribution >= 4 is 6.08 Å². The fraction of sp³-hybridized carbons (Fsp3) is 0.429. The molecular formula is C35H40. The second-order valence-electron chi connectivity index (χ2n) is 12.2. The van der Waals surface area contributed by atoms with E-state index in [0.717, 1.165) is 30.6 Å². The molecule has 0 saturated heterocycles. The normalized spacial score (nSPS) is 29.1. The average Bonchev–Trinajstić information content (AvgIpc) is 3.56. The molecule has 0 heterocycles. The number of hydrogen-bond donors (Lipinski definition) is 0. The monoisotopic (exact) mass is 460 g/mol. The lowest BCUT2D eigenvalue weighted by Gasteiger charge is -2.28. The summed E-state index contributed by atoms with van der Waals surface area (Å²) in [5.41, 5.74) is 14.5. The largest absolute Gasteiger partial charge is 0.0986 e. The molecule has 2 aromatic rings. The van der Waals surface area contributed by atoms with Gasteiger partial charge in [0, 0.05) is 5.92 Å². The molecule has 2 bridgehead atoms. The molecule has 2 aromatic carbocycles. The van der Waals surface area contributed by atoms with E-state index in [9.17, 15) is 0 Å². The van der Waals surface area contributed by atoms with Crippen LogP contribution >= 0.6 is 0 Å². The molecular weight excluding hydrogens is 420 g/mol. The number of benzene rings is 2. The Hall–Kier alpha value is -2.60. The van der Waals surface area contributed by atoms with Gasteiger partial charge < -0.3 is 0 Å². The topological polar surface area (TPSA) is 0 Å². The molecule has 0 N–H and O–H groups in total. The second-order valence-corrected chi connectivity index (χ2v) is 12.2. The number of hydrogen-bond acceptors (Lipinski definition) is 0. The van der Waals surface area contributed by atoms with E-state index in [1.165, 1.54) is 82.2 Å². The highest BCUT2D eigenvalue weighted by molar-refractivity contribution is 5.80. The van der Waals surface area contributed by atoms with Crippen molar-refractivity contribution in [1.29, 1.82) is 0 Å². The summed E-state index contributed by atoms with van der Waals surface area (Å²) in [5.74, 6) is 3.67. The molecule has 0 aromatic heterocycles. The van der Waals surface area contributed by atoms with Crippen molar-refractivity contribution in [3.8, 4) is 11.1 Å². The van der Waals surface area contributed by atoms with Crippen molar-refractivity contribution in [2.24, 2.45) is 29.6 Å². The van der Waals surface area contributed by atoms with Crippen LogP contribution in [0.1, 0.15) is 66.8 Å². The molecule has 35 heavy (non-hydrogen) atoms. The van der Waals surface area contributed by atoms with Crippen LogP contribution in [0, 0.1) is 43.4 Å². The lowest BCUT2D eigenvalue weighted by molar-refractivity contribution is 0.331. The first kappa shape index (κ1) is 22.8. The molecule has 4 aliphatic carbocycles. The van der Waals surface area contributed by atoms with E-state index in [4.69, 9.17) is 0 Å². The van der Waals surface area contributed by atoms with Crippen LogP contribution in [-0.2, 0) is 12.8 Å². The van der Waals surface area contributed by atoms with Crippen molar-refractivity contribution in [2.75, 3.05) is 0 Å². The van der Waals surface area contributed by atoms with Gasteiger partial charge in [0.15, 0.2) is 0 Å². The van der Waals surface area contributed by atoms with E-state index in [0.29, 0.717) is 11.8 Å². The first-order valence-electron chi connectivity index (χ1n) is 13.8. The zero-order chi connectivity index (χ0) is 24.3. The minimum absolute atomic E-state index is 0.369. The van der Waals surface area contributed by atoms with Crippen LogP contribution in [0.25, 0.3) is 17.2 Å². The molecule has 0 nitrogen and oxygen atoms in total. The van der Waals surface area contributed by atoms with Gasteiger partial charge in [-0.1, -0.05) is 91.8 Å². The Bertz CT molecular complexity index is 1270. The lowest BCUT2D eigenvalue weighted by atomic mass is 9.77. The summed E-state index contributed by atoms with van der Waals surface area (Å²) in [5, 5.41) is 0. The van der Waals surface area contributed by atoms with Crippen molar-refractivity contribution < 1.29 is 0 Å². The molecule has 4 aliphatic rings. The van der Waals surface area contributed by atoms with Crippen LogP contribution in [0.15, 0.2) is 72.4 Å². The molecule has 2 fully saturated rings. The third-order valence-electron chi connectivity index (χ3n) is 9.78. The number of rotatable bonds is 5. The molecule has 0 amide bonds. The average molecular weight is 461 g/mol. The number of allylic oxidation sites excluding steroid dienone is 5. The Labute approximate surface area is 212 Å². The fourth-order valence-corrected chi connectivity index (χ4v) is 7.80. The standard InChI is InChI=1S/C35H40/c1-21-13-24(4)33(20-30-16-26-11-12-28(30)15-26)35(14-21)31-8-6-7-29-17-27(19-34(29)31)18-32-23(3)10-9-22(2)25(32)5/h6-10,13-14,17,22,26,28,30,32H,3,5,11-12,15-16,18-20H2,1-2,4H3/t22?,26-,28+,30-,32?/m0/s1. The highest BCUT2D eigenvalue weighted by Gasteiger charge is 2.39. The zero-order valence-corrected chi connectivity index (χ0v) is 21.9. The molecule has 0 heteroatoms. The Kier molecular flexibility index (Phi) is 5.75. The molecule has 5 atom stereocenters. The maximum absolute atomic E-state index is 4.44. The van der Waals surface area contributed by atoms with E-state index in [2.05, 4.69) is 82.5 Å². The quantitative estimate of drug-likeness (QED) is 0.390. The van der Waals surface area contributed by atoms with Gasteiger partial charge in [-0.05, 0) is 115 Å². The fourth-order valence-electron chi connectivity index (χ4n) is 7.80. The Balaban J connectivity index is 1.31. The summed E-state index contributed by atoms with van der Waals surface area (Å²) in [4.78, 5) is 0. The molecule has 180 valence electrons. The van der Waals surface area contributed by atoms with Gasteiger partial charge in [-0.25, -0.2) is 0 Å². The van der Waals surface area contributed by atoms with Gasteiger partial charge >= 0.3 is 0 Å². The van der Waals surface area contributed by atoms with Gasteiger partial charge in [0.1, 0.15) is 0 Å². The van der Waals surface area contributed by atoms with Crippen LogP contribution in [0.4, 0.5) is 0 Å². The maximum atomic E-state index is 4.44. The number of aryl methyl sites for hydroxylation is 2. The van der Waals surface area contributed by atoms with Crippen molar-refractivity contribution in [3.63, 3.8) is 0 Å². The van der Waals surface area contributed by atoms with Crippen LogP contribution in [0.2, 0.25) is 0 Å². The van der Waals surface area contributed by atoms with Crippen LogP contribution in [0.5, 0.6) is 0 Å². The van der Waals surface area contributed by atoms with Crippen LogP contribution in [0.3, 0.4) is 0 Å². The third kappa shape index (κ3) is 4.10. The molecule has 0 spiro atoms. The van der Waals surface area contributed by atoms with Gasteiger partial charge in [-0.3, -0.25) is 0 Å². The van der Waals surface area contributed by atoms with Crippen LogP contribution < -0.4 is 0 Å². The first-order chi connectivity index (χ1) is 16.9. The summed E-state index contributed by atoms with van der Waals surface area (Å²) in [6, 6.07) is 11.9. The zero-order valence-electron chi connectivity index (χ0n) is 21.9. The summed E-state index contributed by atoms with van der Waals surface area (Å²) >= 11 is 0. The Morgan fingerprint density at radius 2 is 1.83 bits per heavy atom. The van der Waals surface area contributed by atoms with Crippen molar-refractivity contribution in [1.82, 2.24) is 0 Å². The summed E-state index contributed by atoms with van der Waals surface area (Å²) in [6.45, 7) is 15.7. The molecule has 2 unspecified atom stereocenters. The van der Waals surface area contributed by atoms with Gasteiger partial charge in [0.05, 0.1) is 0 Å². The summed E-state index contributed by atoms with van der Waals surface area (Å²) in [6.07, 6.45) is 16.2. The predicted molar refractivity (Wildman–Crippen MR) is 150 cm³/mol. The predicted octanol–water partition coefficient (Wildman–Crippen LogP) is 9.21. The second kappa shape index (κ2) is 8.81. The highest BCUT2D eigenvalue weighted by atomic mass is 14.4. The smallest absolute Gasteiger partial charge is 0.00826 e. The Morgan fingerprint density at radius 1 is 0.971 bits per heavy atom. The van der Waals surface area contributed by atoms with E-state index >= 15 is 0 Å². The molecule has 0 aliphatic heterocycles. The summed E-state index contributed by atoms with van der Waals surface area (Å²) < 4.78 is 0. The van der Waals surface area contributed by atoms with Crippen molar-refractivity contribution in [3.05, 3.63) is 100 Å². The summed E-state index contributed by atoms with van der Waals surface area (Å²) in [7, 11) is 0. The third-order valence-corrected chi connectivity index (χ3v) is 9.78. The van der Waals surface area contributed by atoms with E-state index in [1.807, 2.05) is 0 Å². The van der Waals surface area contributed by atoms with E-state index < -0.39 is 0 Å². The van der Waals surface area contributed by atoms with Gasteiger partial charge in [-0.2, -0.15) is 0 Å². The Morgan fingerprint density at radius 3 is 2.60 bits per heavy atom. The minimum Gasteiger partial charge on any atom is -0.0986 e. The van der Waals surface area contributed by atoms with E-state index in [1.54, 1.807) is 5.56 Å². The van der Waals surface area contributed by atoms with Crippen molar-refractivity contribution in [2.45, 2.75) is 65.7 Å².